The molecule has 2 aromatic carbocycles. The highest BCUT2D eigenvalue weighted by Crippen LogP contribution is 2.29. The van der Waals surface area contributed by atoms with Gasteiger partial charge in [0.25, 0.3) is 5.91 Å². The van der Waals surface area contributed by atoms with E-state index in [9.17, 15) is 24.0 Å². The molecule has 0 spiro atoms. The number of tetrazole rings is 1. The fourth-order valence-corrected chi connectivity index (χ4v) is 6.90. The number of ether oxygens (including phenoxy) is 1. The second-order valence-corrected chi connectivity index (χ2v) is 15.3. The van der Waals surface area contributed by atoms with Gasteiger partial charge < -0.3 is 31.3 Å². The summed E-state index contributed by atoms with van der Waals surface area (Å²) >= 11 is 0. The van der Waals surface area contributed by atoms with Gasteiger partial charge in [0.05, 0.1) is 0 Å². The minimum Gasteiger partial charge on any atom is -0.444 e. The maximum Gasteiger partial charge on any atom is 0.407 e. The van der Waals surface area contributed by atoms with Crippen molar-refractivity contribution < 1.29 is 28.7 Å². The predicted molar refractivity (Wildman–Crippen MR) is 207 cm³/mol. The molecule has 1 aliphatic heterocycles. The number of anilines is 1. The van der Waals surface area contributed by atoms with Gasteiger partial charge in [0.15, 0.2) is 0 Å². The molecule has 16 nitrogen and oxygen atoms in total. The van der Waals surface area contributed by atoms with Gasteiger partial charge in [0.1, 0.15) is 23.4 Å². The molecule has 1 saturated heterocycles. The summed E-state index contributed by atoms with van der Waals surface area (Å²) in [5.74, 6) is -0.775. The predicted octanol–water partition coefficient (Wildman–Crippen LogP) is 3.85. The van der Waals surface area contributed by atoms with Crippen molar-refractivity contribution in [1.29, 1.82) is 0 Å². The largest absolute Gasteiger partial charge is 0.444 e. The zero-order chi connectivity index (χ0) is 39.8. The molecule has 56 heavy (non-hydrogen) atoms. The first kappa shape index (κ1) is 39.5. The van der Waals surface area contributed by atoms with Crippen LogP contribution in [0.5, 0.6) is 0 Å². The van der Waals surface area contributed by atoms with Crippen molar-refractivity contribution in [3.8, 4) is 22.5 Å². The Hall–Kier alpha value is -6.19. The van der Waals surface area contributed by atoms with Gasteiger partial charge in [-0.15, -0.1) is 10.2 Å². The molecule has 5 amide bonds. The summed E-state index contributed by atoms with van der Waals surface area (Å²) in [5.41, 5.74) is 4.08. The van der Waals surface area contributed by atoms with E-state index in [0.717, 1.165) is 35.1 Å². The van der Waals surface area contributed by atoms with Crippen LogP contribution in [-0.4, -0.2) is 86.1 Å². The van der Waals surface area contributed by atoms with Crippen molar-refractivity contribution in [3.05, 3.63) is 77.6 Å². The lowest BCUT2D eigenvalue weighted by molar-refractivity contribution is -0.130. The molecule has 1 saturated carbocycles. The Bertz CT molecular complexity index is 2020. The monoisotopic (exact) mass is 764 g/mol. The number of aromatic nitrogens is 5. The number of aromatic amines is 1. The molecular formula is C40H48N10O6. The summed E-state index contributed by atoms with van der Waals surface area (Å²) in [6, 6.07) is 16.7. The Kier molecular flexibility index (Phi) is 12.4. The van der Waals surface area contributed by atoms with Crippen LogP contribution in [0.1, 0.15) is 74.6 Å². The molecule has 2 atom stereocenters. The maximum atomic E-state index is 13.8. The molecule has 1 aliphatic carbocycles. The number of amides is 5. The van der Waals surface area contributed by atoms with Crippen LogP contribution >= 0.6 is 0 Å². The van der Waals surface area contributed by atoms with Gasteiger partial charge in [-0.05, 0) is 112 Å². The third-order valence-electron chi connectivity index (χ3n) is 9.92. The molecule has 3 heterocycles. The van der Waals surface area contributed by atoms with E-state index in [2.05, 4.69) is 52.2 Å². The number of H-pyrrole nitrogens is 1. The summed E-state index contributed by atoms with van der Waals surface area (Å²) in [5, 5.41) is 28.2. The van der Waals surface area contributed by atoms with Crippen LogP contribution in [0.2, 0.25) is 0 Å². The maximum absolute atomic E-state index is 13.8. The van der Waals surface area contributed by atoms with Crippen molar-refractivity contribution >= 4 is 35.4 Å². The second kappa shape index (κ2) is 17.5. The Morgan fingerprint density at radius 2 is 1.62 bits per heavy atom. The normalized spacial score (nSPS) is 18.6. The number of pyridine rings is 1. The average Bonchev–Trinajstić information content (AvgIpc) is 3.86. The number of benzene rings is 2. The smallest absolute Gasteiger partial charge is 0.407 e. The van der Waals surface area contributed by atoms with E-state index in [4.69, 9.17) is 4.74 Å². The van der Waals surface area contributed by atoms with Crippen LogP contribution < -0.4 is 26.6 Å². The minimum atomic E-state index is -0.875. The first-order chi connectivity index (χ1) is 26.8. The van der Waals surface area contributed by atoms with Gasteiger partial charge in [0.2, 0.25) is 23.5 Å². The number of nitrogens with one attached hydrogen (secondary N) is 6. The zero-order valence-electron chi connectivity index (χ0n) is 32.0. The van der Waals surface area contributed by atoms with Gasteiger partial charge in [-0.3, -0.25) is 19.2 Å². The molecule has 4 aromatic rings. The van der Waals surface area contributed by atoms with Crippen LogP contribution in [0.4, 0.5) is 10.5 Å². The summed E-state index contributed by atoms with van der Waals surface area (Å²) < 4.78 is 5.35. The number of alkyl carbamates (subject to hydrolysis) is 1. The van der Waals surface area contributed by atoms with Gasteiger partial charge >= 0.3 is 6.09 Å². The van der Waals surface area contributed by atoms with Gasteiger partial charge in [-0.2, -0.15) is 5.21 Å². The van der Waals surface area contributed by atoms with Gasteiger partial charge in [-0.1, -0.05) is 30.3 Å². The fraction of sp³-hybridized carbons (Fsp3) is 0.425. The highest BCUT2D eigenvalue weighted by Gasteiger charge is 2.31. The molecule has 294 valence electrons. The molecule has 2 aliphatic rings. The molecule has 16 heteroatoms. The standard InChI is InChI=1S/C40H48N10O6/c1-23-30(17-18-31(43-23)37(53)45-32-19-20-41-36(32)52)26-9-5-24(6-10-26)21-33(38(54)44-29-15-13-27(14-16-29)34-47-49-50-48-34)46-35(51)28-11-7-25(8-12-28)22-42-39(55)56-40(2,3)4/h5-6,9-10,13-18,25,28,32-33H,7-8,11-12,19-22H2,1-4H3,(H,41,52)(H,42,55)(H,44,54)(H,45,53)(H,46,51)(H,47,48,49,50)/t25?,28?,32-,33+/m1/s1. The quantitative estimate of drug-likeness (QED) is 0.122. The van der Waals surface area contributed by atoms with E-state index in [1.807, 2.05) is 58.0 Å². The highest BCUT2D eigenvalue weighted by atomic mass is 16.6. The molecular weight excluding hydrogens is 717 g/mol. The lowest BCUT2D eigenvalue weighted by atomic mass is 9.81. The van der Waals surface area contributed by atoms with Crippen LogP contribution in [0.25, 0.3) is 22.5 Å². The third kappa shape index (κ3) is 10.5. The third-order valence-corrected chi connectivity index (χ3v) is 9.92. The molecule has 0 unspecified atom stereocenters. The number of aryl methyl sites for hydroxylation is 1. The molecule has 6 N–H and O–H groups in total. The van der Waals surface area contributed by atoms with Crippen LogP contribution in [0.15, 0.2) is 60.7 Å². The van der Waals surface area contributed by atoms with Crippen LogP contribution in [0, 0.1) is 18.8 Å². The Morgan fingerprint density at radius 3 is 2.25 bits per heavy atom. The molecule has 0 radical (unpaired) electrons. The van der Waals surface area contributed by atoms with Crippen molar-refractivity contribution in [3.63, 3.8) is 0 Å². The topological polar surface area (TPSA) is 222 Å². The first-order valence-corrected chi connectivity index (χ1v) is 18.9. The summed E-state index contributed by atoms with van der Waals surface area (Å²) in [6.45, 7) is 8.27. The molecule has 2 fully saturated rings. The number of hydrogen-bond acceptors (Lipinski definition) is 10. The fourth-order valence-electron chi connectivity index (χ4n) is 6.90. The van der Waals surface area contributed by atoms with E-state index >= 15 is 0 Å². The van der Waals surface area contributed by atoms with Crippen molar-refractivity contribution in [1.82, 2.24) is 46.9 Å². The van der Waals surface area contributed by atoms with Crippen molar-refractivity contribution in [2.45, 2.75) is 83.9 Å². The van der Waals surface area contributed by atoms with E-state index in [1.54, 1.807) is 30.3 Å². The van der Waals surface area contributed by atoms with Crippen molar-refractivity contribution in [2.24, 2.45) is 11.8 Å². The lowest BCUT2D eigenvalue weighted by Crippen LogP contribution is -2.48. The van der Waals surface area contributed by atoms with Gasteiger partial charge in [0, 0.05) is 47.9 Å². The van der Waals surface area contributed by atoms with Crippen LogP contribution in [0.3, 0.4) is 0 Å². The number of hydrogen-bond donors (Lipinski definition) is 6. The number of carbonyl (C=O) groups is 5. The van der Waals surface area contributed by atoms with E-state index in [-0.39, 0.29) is 41.7 Å². The highest BCUT2D eigenvalue weighted by molar-refractivity contribution is 5.98. The van der Waals surface area contributed by atoms with E-state index in [1.165, 1.54) is 0 Å². The summed E-state index contributed by atoms with van der Waals surface area (Å²) in [6.07, 6.45) is 3.11. The number of rotatable bonds is 12. The zero-order valence-corrected chi connectivity index (χ0v) is 32.0. The second-order valence-electron chi connectivity index (χ2n) is 15.3. The van der Waals surface area contributed by atoms with Crippen molar-refractivity contribution in [2.75, 3.05) is 18.4 Å². The number of carbonyl (C=O) groups excluding carboxylic acids is 5. The molecule has 6 rings (SSSR count). The first-order valence-electron chi connectivity index (χ1n) is 18.9. The van der Waals surface area contributed by atoms with E-state index in [0.29, 0.717) is 49.6 Å². The number of nitrogens with zero attached hydrogens (tertiary/aromatic N) is 4. The molecule has 2 aromatic heterocycles. The van der Waals surface area contributed by atoms with Crippen LogP contribution in [-0.2, 0) is 25.5 Å². The minimum absolute atomic E-state index is 0.188. The van der Waals surface area contributed by atoms with E-state index < -0.39 is 29.7 Å². The molecule has 0 bridgehead atoms. The summed E-state index contributed by atoms with van der Waals surface area (Å²) in [4.78, 5) is 68.8. The van der Waals surface area contributed by atoms with Gasteiger partial charge in [-0.25, -0.2) is 9.78 Å². The Balaban J connectivity index is 1.10. The SMILES string of the molecule is Cc1nc(C(=O)N[C@@H]2CCNC2=O)ccc1-c1ccc(C[C@H](NC(=O)C2CCC(CNC(=O)OC(C)(C)C)CC2)C(=O)Nc2ccc(-c3nn[nH]n3)cc2)cc1. The Morgan fingerprint density at radius 1 is 0.911 bits per heavy atom. The Labute approximate surface area is 324 Å². The summed E-state index contributed by atoms with van der Waals surface area (Å²) in [7, 11) is 0. The lowest BCUT2D eigenvalue weighted by Gasteiger charge is -2.29. The average molecular weight is 765 g/mol.